The number of fused-ring (bicyclic) bond motifs is 18. The molecule has 4 aliphatic rings. The molecule has 194 valence electrons. The predicted molar refractivity (Wildman–Crippen MR) is 174 cm³/mol. The maximum atomic E-state index is 2.55. The monoisotopic (exact) mass is 530 g/mol. The van der Waals surface area contributed by atoms with Crippen LogP contribution >= 0.6 is 0 Å². The van der Waals surface area contributed by atoms with Crippen LogP contribution in [-0.4, -0.2) is 0 Å². The van der Waals surface area contributed by atoms with Crippen molar-refractivity contribution in [3.05, 3.63) is 154 Å². The third-order valence-electron chi connectivity index (χ3n) is 10.9. The van der Waals surface area contributed by atoms with E-state index in [2.05, 4.69) is 109 Å². The van der Waals surface area contributed by atoms with E-state index >= 15 is 0 Å². The molecular formula is C42H26. The maximum Gasteiger partial charge on any atom is -0.000421 e. The molecule has 0 saturated heterocycles. The van der Waals surface area contributed by atoms with Gasteiger partial charge in [-0.25, -0.2) is 0 Å². The largest absolute Gasteiger partial charge is 0.0616 e. The Morgan fingerprint density at radius 1 is 0.286 bits per heavy atom. The molecule has 0 heteroatoms. The van der Waals surface area contributed by atoms with Gasteiger partial charge in [0.05, 0.1) is 0 Å². The highest BCUT2D eigenvalue weighted by molar-refractivity contribution is 5.99. The summed E-state index contributed by atoms with van der Waals surface area (Å²) >= 11 is 0. The Morgan fingerprint density at radius 2 is 0.643 bits per heavy atom. The molecule has 0 bridgehead atoms. The first-order valence-electron chi connectivity index (χ1n) is 15.3. The third kappa shape index (κ3) is 2.60. The van der Waals surface area contributed by atoms with Crippen LogP contribution in [0.3, 0.4) is 0 Å². The van der Waals surface area contributed by atoms with Crippen molar-refractivity contribution in [3.8, 4) is 44.5 Å². The Hall–Kier alpha value is -4.94. The number of hydrogen-bond donors (Lipinski definition) is 0. The van der Waals surface area contributed by atoms with Gasteiger partial charge in [0.1, 0.15) is 0 Å². The number of hydrogen-bond acceptors (Lipinski definition) is 0. The summed E-state index contributed by atoms with van der Waals surface area (Å²) in [5.74, 6) is 0. The highest BCUT2D eigenvalue weighted by atomic mass is 14.4. The summed E-state index contributed by atoms with van der Waals surface area (Å²) in [7, 11) is 0. The average Bonchev–Trinajstić information content (AvgIpc) is 3.79. The van der Waals surface area contributed by atoms with Crippen molar-refractivity contribution in [1.29, 1.82) is 0 Å². The first-order chi connectivity index (χ1) is 20.8. The topological polar surface area (TPSA) is 0 Å². The molecule has 0 saturated carbocycles. The van der Waals surface area contributed by atoms with Gasteiger partial charge in [-0.15, -0.1) is 0 Å². The molecule has 0 radical (unpaired) electrons. The Labute approximate surface area is 244 Å². The molecule has 0 nitrogen and oxygen atoms in total. The van der Waals surface area contributed by atoms with Crippen LogP contribution in [0.2, 0.25) is 0 Å². The molecule has 0 aliphatic heterocycles. The Balaban J connectivity index is 1.01. The second-order valence-electron chi connectivity index (χ2n) is 12.7. The molecule has 4 aliphatic carbocycles. The minimum atomic E-state index is 1.05. The van der Waals surface area contributed by atoms with E-state index < -0.39 is 0 Å². The van der Waals surface area contributed by atoms with Gasteiger partial charge in [0.25, 0.3) is 0 Å². The zero-order valence-corrected chi connectivity index (χ0v) is 23.2. The molecule has 0 fully saturated rings. The average molecular weight is 531 g/mol. The first-order valence-corrected chi connectivity index (χ1v) is 15.3. The van der Waals surface area contributed by atoms with Gasteiger partial charge in [0, 0.05) is 0 Å². The second kappa shape index (κ2) is 7.46. The Morgan fingerprint density at radius 3 is 1.12 bits per heavy atom. The molecule has 0 unspecified atom stereocenters. The van der Waals surface area contributed by atoms with Crippen molar-refractivity contribution in [2.75, 3.05) is 0 Å². The number of benzene rings is 7. The maximum absolute atomic E-state index is 2.55. The zero-order valence-electron chi connectivity index (χ0n) is 23.2. The molecular weight excluding hydrogens is 504 g/mol. The second-order valence-corrected chi connectivity index (χ2v) is 12.7. The predicted octanol–water partition coefficient (Wildman–Crippen LogP) is 10.3. The van der Waals surface area contributed by atoms with Gasteiger partial charge >= 0.3 is 0 Å². The van der Waals surface area contributed by atoms with Gasteiger partial charge < -0.3 is 0 Å². The van der Waals surface area contributed by atoms with Crippen LogP contribution < -0.4 is 0 Å². The van der Waals surface area contributed by atoms with Crippen molar-refractivity contribution < 1.29 is 0 Å². The molecule has 0 amide bonds. The molecule has 7 aromatic rings. The van der Waals surface area contributed by atoms with E-state index in [1.54, 1.807) is 22.3 Å². The first kappa shape index (κ1) is 21.8. The lowest BCUT2D eigenvalue weighted by Crippen LogP contribution is -1.92. The fraction of sp³-hybridized carbons (Fsp3) is 0.0952. The quantitative estimate of drug-likeness (QED) is 0.183. The van der Waals surface area contributed by atoms with Crippen molar-refractivity contribution >= 4 is 21.5 Å². The van der Waals surface area contributed by atoms with Gasteiger partial charge in [-0.05, 0) is 148 Å². The lowest BCUT2D eigenvalue weighted by atomic mass is 9.95. The lowest BCUT2D eigenvalue weighted by Gasteiger charge is -2.08. The Bertz CT molecular complexity index is 2230. The molecule has 0 heterocycles. The molecule has 7 aromatic carbocycles. The van der Waals surface area contributed by atoms with Gasteiger partial charge in [-0.1, -0.05) is 97.1 Å². The van der Waals surface area contributed by atoms with Crippen LogP contribution in [0.1, 0.15) is 44.5 Å². The summed E-state index contributed by atoms with van der Waals surface area (Å²) in [5.41, 5.74) is 23.8. The van der Waals surface area contributed by atoms with E-state index in [1.165, 1.54) is 88.3 Å². The van der Waals surface area contributed by atoms with E-state index in [0.29, 0.717) is 0 Å². The van der Waals surface area contributed by atoms with Crippen LogP contribution in [0.25, 0.3) is 66.1 Å². The summed E-state index contributed by atoms with van der Waals surface area (Å²) < 4.78 is 0. The molecule has 11 rings (SSSR count). The van der Waals surface area contributed by atoms with Crippen molar-refractivity contribution in [2.45, 2.75) is 25.7 Å². The summed E-state index contributed by atoms with van der Waals surface area (Å²) in [6.07, 6.45) is 4.19. The molecule has 0 aromatic heterocycles. The third-order valence-corrected chi connectivity index (χ3v) is 10.9. The van der Waals surface area contributed by atoms with Gasteiger partial charge in [0.15, 0.2) is 0 Å². The van der Waals surface area contributed by atoms with Gasteiger partial charge in [-0.2, -0.15) is 0 Å². The summed E-state index contributed by atoms with van der Waals surface area (Å²) in [6.45, 7) is 0. The highest BCUT2D eigenvalue weighted by Gasteiger charge is 2.33. The van der Waals surface area contributed by atoms with E-state index in [1.807, 2.05) is 0 Å². The fourth-order valence-corrected chi connectivity index (χ4v) is 8.98. The summed E-state index contributed by atoms with van der Waals surface area (Å²) in [4.78, 5) is 0. The van der Waals surface area contributed by atoms with Crippen molar-refractivity contribution in [3.63, 3.8) is 0 Å². The van der Waals surface area contributed by atoms with Crippen LogP contribution in [0.15, 0.2) is 109 Å². The minimum absolute atomic E-state index is 1.05. The van der Waals surface area contributed by atoms with Crippen molar-refractivity contribution in [1.82, 2.24) is 0 Å². The molecule has 42 heavy (non-hydrogen) atoms. The molecule has 0 spiro atoms. The van der Waals surface area contributed by atoms with Gasteiger partial charge in [-0.3, -0.25) is 0 Å². The number of rotatable bonds is 0. The van der Waals surface area contributed by atoms with Crippen molar-refractivity contribution in [2.24, 2.45) is 0 Å². The highest BCUT2D eigenvalue weighted by Crippen LogP contribution is 2.52. The molecule has 0 atom stereocenters. The van der Waals surface area contributed by atoms with Crippen LogP contribution in [-0.2, 0) is 25.7 Å². The van der Waals surface area contributed by atoms with Crippen LogP contribution in [0.4, 0.5) is 0 Å². The fourth-order valence-electron chi connectivity index (χ4n) is 8.98. The van der Waals surface area contributed by atoms with E-state index in [4.69, 9.17) is 0 Å². The van der Waals surface area contributed by atoms with Crippen LogP contribution in [0, 0.1) is 0 Å². The molecule has 0 N–H and O–H groups in total. The van der Waals surface area contributed by atoms with Crippen LogP contribution in [0.5, 0.6) is 0 Å². The van der Waals surface area contributed by atoms with E-state index in [0.717, 1.165) is 25.7 Å². The SMILES string of the molecule is c1ccc2c3c(ccc2c1)-c1ccc2c(c1C3)Cc1cc3c(cc1-2)Cc1c-3ccc2c1Cc1c-2ccc2ccccc12. The smallest absolute Gasteiger partial charge is 0.000421 e. The Kier molecular flexibility index (Phi) is 3.87. The van der Waals surface area contributed by atoms with Gasteiger partial charge in [0.2, 0.25) is 0 Å². The zero-order chi connectivity index (χ0) is 27.1. The lowest BCUT2D eigenvalue weighted by molar-refractivity contribution is 1.16. The standard InChI is InChI=1S/C42H26/c1-3-7-27-23(5-1)9-11-29-31-13-15-33-35-18-26-20-38-34(36(26)17-25(35)19-37(33)41(31)21-39(27)29)16-14-32-30-12-10-24-6-2-4-8-28(24)40(30)22-42(32)38/h1-18H,19-22H2. The van der Waals surface area contributed by atoms with E-state index in [9.17, 15) is 0 Å². The normalized spacial score (nSPS) is 14.3. The minimum Gasteiger partial charge on any atom is -0.0616 e. The summed E-state index contributed by atoms with van der Waals surface area (Å²) in [6, 6.07) is 41.8. The van der Waals surface area contributed by atoms with E-state index in [-0.39, 0.29) is 0 Å². The summed E-state index contributed by atoms with van der Waals surface area (Å²) in [5, 5.41) is 5.52.